The number of aliphatic carboxylic acids is 1. The van der Waals surface area contributed by atoms with E-state index in [-0.39, 0.29) is 30.9 Å². The highest BCUT2D eigenvalue weighted by Gasteiger charge is 2.11. The first-order chi connectivity index (χ1) is 22.0. The number of allylic oxidation sites excluding steroid dienone is 10. The van der Waals surface area contributed by atoms with E-state index in [0.717, 1.165) is 70.6 Å². The van der Waals surface area contributed by atoms with Gasteiger partial charge in [0, 0.05) is 6.42 Å². The number of hydrogen-bond acceptors (Lipinski definition) is 4. The molecule has 0 saturated carbocycles. The molecule has 0 aliphatic heterocycles. The van der Waals surface area contributed by atoms with Crippen molar-refractivity contribution in [2.75, 3.05) is 6.54 Å². The third-order valence-electron chi connectivity index (χ3n) is 7.13. The van der Waals surface area contributed by atoms with E-state index in [9.17, 15) is 14.4 Å². The van der Waals surface area contributed by atoms with Gasteiger partial charge >= 0.3 is 11.9 Å². The van der Waals surface area contributed by atoms with E-state index < -0.39 is 5.97 Å². The molecule has 0 radical (unpaired) electrons. The van der Waals surface area contributed by atoms with Crippen molar-refractivity contribution in [3.05, 3.63) is 72.9 Å². The van der Waals surface area contributed by atoms with Gasteiger partial charge in [0.25, 0.3) is 0 Å². The predicted molar refractivity (Wildman–Crippen MR) is 189 cm³/mol. The first kappa shape index (κ1) is 41.9. The molecule has 0 spiro atoms. The van der Waals surface area contributed by atoms with Gasteiger partial charge in [-0.05, 0) is 70.3 Å². The van der Waals surface area contributed by atoms with Crippen LogP contribution >= 0.6 is 0 Å². The molecule has 1 unspecified atom stereocenters. The first-order valence-corrected chi connectivity index (χ1v) is 17.6. The number of amides is 1. The standard InChI is InChI=1S/C39H63NO5/c1-3-5-7-9-11-13-14-15-16-17-18-20-22-24-30-34-39(44)45-36(31-27-23-21-19-12-10-8-6-4-2)32-28-25-26-29-33-37(41)40-35-38(42)43/h5,7,11,13,15-16,18,20,24,27,30-31,36H,3-4,6,8-10,12,14,17,19,21-23,25-26,28-29,32-35H2,1-2H3,(H,40,41)(H,42,43)/b7-5-,13-11-,16-15-,20-18-,30-24-,31-27-. The first-order valence-electron chi connectivity index (χ1n) is 17.6. The fourth-order valence-electron chi connectivity index (χ4n) is 4.56. The number of carboxylic acid groups (broad SMARTS) is 1. The van der Waals surface area contributed by atoms with Crippen molar-refractivity contribution in [1.29, 1.82) is 0 Å². The van der Waals surface area contributed by atoms with Gasteiger partial charge in [-0.15, -0.1) is 0 Å². The lowest BCUT2D eigenvalue weighted by Gasteiger charge is -2.14. The summed E-state index contributed by atoms with van der Waals surface area (Å²) in [6.45, 7) is 4.04. The zero-order chi connectivity index (χ0) is 33.1. The number of esters is 1. The minimum atomic E-state index is -1.04. The Hall–Kier alpha value is -3.15. The van der Waals surface area contributed by atoms with E-state index in [0.29, 0.717) is 12.8 Å². The Morgan fingerprint density at radius 3 is 1.78 bits per heavy atom. The second-order valence-electron chi connectivity index (χ2n) is 11.4. The molecule has 0 bridgehead atoms. The molecule has 0 aromatic rings. The lowest BCUT2D eigenvalue weighted by Crippen LogP contribution is -2.28. The molecule has 6 nitrogen and oxygen atoms in total. The highest BCUT2D eigenvalue weighted by Crippen LogP contribution is 2.14. The van der Waals surface area contributed by atoms with Gasteiger partial charge in [0.05, 0.1) is 6.42 Å². The van der Waals surface area contributed by atoms with Crippen LogP contribution in [-0.2, 0) is 19.1 Å². The maximum absolute atomic E-state index is 12.5. The van der Waals surface area contributed by atoms with Crippen LogP contribution in [0.15, 0.2) is 72.9 Å². The molecule has 1 atom stereocenters. The highest BCUT2D eigenvalue weighted by atomic mass is 16.5. The second-order valence-corrected chi connectivity index (χ2v) is 11.4. The Bertz CT molecular complexity index is 912. The topological polar surface area (TPSA) is 92.7 Å². The van der Waals surface area contributed by atoms with E-state index in [2.05, 4.69) is 73.8 Å². The van der Waals surface area contributed by atoms with Crippen LogP contribution in [0.25, 0.3) is 0 Å². The molecule has 6 heteroatoms. The zero-order valence-electron chi connectivity index (χ0n) is 28.4. The SMILES string of the molecule is CC/C=C\C/C=C\C/C=C\C/C=C\C/C=C\CC(=O)OC(/C=C\CCCCCCCCC)CCCCCCC(=O)NCC(=O)O. The second kappa shape index (κ2) is 33.7. The van der Waals surface area contributed by atoms with Gasteiger partial charge in [0.15, 0.2) is 0 Å². The molecule has 0 aliphatic carbocycles. The third kappa shape index (κ3) is 33.6. The highest BCUT2D eigenvalue weighted by molar-refractivity contribution is 5.80. The van der Waals surface area contributed by atoms with Gasteiger partial charge in [-0.1, -0.05) is 132 Å². The van der Waals surface area contributed by atoms with E-state index in [1.807, 2.05) is 18.2 Å². The van der Waals surface area contributed by atoms with Gasteiger partial charge in [0.1, 0.15) is 12.6 Å². The number of rotatable bonds is 30. The van der Waals surface area contributed by atoms with Gasteiger partial charge in [-0.25, -0.2) is 0 Å². The maximum Gasteiger partial charge on any atom is 0.322 e. The molecular formula is C39H63NO5. The van der Waals surface area contributed by atoms with E-state index in [1.165, 1.54) is 38.5 Å². The number of carbonyl (C=O) groups is 3. The van der Waals surface area contributed by atoms with Gasteiger partial charge in [0.2, 0.25) is 5.91 Å². The Labute approximate surface area is 274 Å². The zero-order valence-corrected chi connectivity index (χ0v) is 28.4. The maximum atomic E-state index is 12.5. The molecular weight excluding hydrogens is 562 g/mol. The normalized spacial score (nSPS) is 12.9. The van der Waals surface area contributed by atoms with Gasteiger partial charge in [-0.3, -0.25) is 14.4 Å². The van der Waals surface area contributed by atoms with Crippen molar-refractivity contribution in [2.45, 2.75) is 148 Å². The lowest BCUT2D eigenvalue weighted by molar-refractivity contribution is -0.146. The molecule has 1 amide bonds. The van der Waals surface area contributed by atoms with Crippen molar-refractivity contribution in [3.63, 3.8) is 0 Å². The van der Waals surface area contributed by atoms with Crippen LogP contribution in [0.5, 0.6) is 0 Å². The molecule has 0 aromatic heterocycles. The number of ether oxygens (including phenoxy) is 1. The van der Waals surface area contributed by atoms with Crippen molar-refractivity contribution >= 4 is 17.8 Å². The van der Waals surface area contributed by atoms with Crippen molar-refractivity contribution in [3.8, 4) is 0 Å². The van der Waals surface area contributed by atoms with E-state index in [4.69, 9.17) is 9.84 Å². The van der Waals surface area contributed by atoms with Crippen LogP contribution < -0.4 is 5.32 Å². The Balaban J connectivity index is 4.41. The third-order valence-corrected chi connectivity index (χ3v) is 7.13. The van der Waals surface area contributed by atoms with E-state index in [1.54, 1.807) is 0 Å². The van der Waals surface area contributed by atoms with Crippen LogP contribution in [0.4, 0.5) is 0 Å². The minimum Gasteiger partial charge on any atom is -0.480 e. The molecule has 0 saturated heterocycles. The van der Waals surface area contributed by atoms with Gasteiger partial charge < -0.3 is 15.2 Å². The summed E-state index contributed by atoms with van der Waals surface area (Å²) in [5.41, 5.74) is 0. The Kier molecular flexibility index (Phi) is 31.4. The Morgan fingerprint density at radius 2 is 1.18 bits per heavy atom. The number of carbonyl (C=O) groups excluding carboxylic acids is 2. The summed E-state index contributed by atoms with van der Waals surface area (Å²) >= 11 is 0. The smallest absolute Gasteiger partial charge is 0.322 e. The monoisotopic (exact) mass is 625 g/mol. The minimum absolute atomic E-state index is 0.211. The average molecular weight is 626 g/mol. The molecule has 0 aromatic carbocycles. The summed E-state index contributed by atoms with van der Waals surface area (Å²) in [5.74, 6) is -1.48. The van der Waals surface area contributed by atoms with Gasteiger partial charge in [-0.2, -0.15) is 0 Å². The summed E-state index contributed by atoms with van der Waals surface area (Å²) in [5, 5.41) is 11.0. The fraction of sp³-hybridized carbons (Fsp3) is 0.615. The molecule has 0 fully saturated rings. The van der Waals surface area contributed by atoms with Crippen LogP contribution in [0.2, 0.25) is 0 Å². The number of unbranched alkanes of at least 4 members (excludes halogenated alkanes) is 10. The summed E-state index contributed by atoms with van der Waals surface area (Å²) in [6, 6.07) is 0. The molecule has 0 rings (SSSR count). The molecule has 0 aliphatic rings. The van der Waals surface area contributed by atoms with Crippen LogP contribution in [0.3, 0.4) is 0 Å². The van der Waals surface area contributed by atoms with E-state index >= 15 is 0 Å². The Morgan fingerprint density at radius 1 is 0.644 bits per heavy atom. The molecule has 45 heavy (non-hydrogen) atoms. The quantitative estimate of drug-likeness (QED) is 0.0471. The average Bonchev–Trinajstić information content (AvgIpc) is 3.02. The summed E-state index contributed by atoms with van der Waals surface area (Å²) in [7, 11) is 0. The van der Waals surface area contributed by atoms with Crippen molar-refractivity contribution in [1.82, 2.24) is 5.32 Å². The molecule has 0 heterocycles. The van der Waals surface area contributed by atoms with Crippen molar-refractivity contribution < 1.29 is 24.2 Å². The van der Waals surface area contributed by atoms with Crippen LogP contribution in [0.1, 0.15) is 142 Å². The number of hydrogen-bond donors (Lipinski definition) is 2. The van der Waals surface area contributed by atoms with Crippen LogP contribution in [0, 0.1) is 0 Å². The largest absolute Gasteiger partial charge is 0.480 e. The van der Waals surface area contributed by atoms with Crippen LogP contribution in [-0.4, -0.2) is 35.6 Å². The summed E-state index contributed by atoms with van der Waals surface area (Å²) in [6.07, 6.45) is 44.7. The molecule has 254 valence electrons. The number of nitrogens with one attached hydrogen (secondary N) is 1. The predicted octanol–water partition coefficient (Wildman–Crippen LogP) is 10.3. The summed E-state index contributed by atoms with van der Waals surface area (Å²) < 4.78 is 5.81. The number of carboxylic acids is 1. The molecule has 2 N–H and O–H groups in total. The fourth-order valence-corrected chi connectivity index (χ4v) is 4.56. The van der Waals surface area contributed by atoms with Crippen molar-refractivity contribution in [2.24, 2.45) is 0 Å². The lowest BCUT2D eigenvalue weighted by atomic mass is 10.1. The summed E-state index contributed by atoms with van der Waals surface area (Å²) in [4.78, 5) is 34.7.